The van der Waals surface area contributed by atoms with E-state index >= 15 is 0 Å². The van der Waals surface area contributed by atoms with Crippen molar-refractivity contribution in [1.29, 1.82) is 0 Å². The third-order valence-corrected chi connectivity index (χ3v) is 7.49. The van der Waals surface area contributed by atoms with Gasteiger partial charge in [0, 0.05) is 44.2 Å². The molecule has 2 fully saturated rings. The number of carbonyl (C=O) groups is 3. The van der Waals surface area contributed by atoms with Crippen molar-refractivity contribution in [1.82, 2.24) is 25.5 Å². The number of nitrogens with zero attached hydrogens (tertiary/aromatic N) is 4. The quantitative estimate of drug-likeness (QED) is 0.198. The van der Waals surface area contributed by atoms with Crippen LogP contribution < -0.4 is 25.0 Å². The van der Waals surface area contributed by atoms with Crippen LogP contribution in [0.15, 0.2) is 30.6 Å². The van der Waals surface area contributed by atoms with Crippen LogP contribution in [0.2, 0.25) is 0 Å². The molecule has 2 aliphatic rings. The molecular weight excluding hydrogens is 572 g/mol. The van der Waals surface area contributed by atoms with Crippen LogP contribution in [0.1, 0.15) is 42.1 Å². The molecule has 2 aromatic rings. The molecule has 1 aromatic carbocycles. The van der Waals surface area contributed by atoms with Crippen molar-refractivity contribution in [3.8, 4) is 11.5 Å². The average molecular weight is 615 g/mol. The Morgan fingerprint density at radius 1 is 0.955 bits per heavy atom. The second kappa shape index (κ2) is 16.2. The van der Waals surface area contributed by atoms with Crippen LogP contribution in [0.4, 0.5) is 10.7 Å². The number of nitrogens with one attached hydrogen (secondary N) is 2. The van der Waals surface area contributed by atoms with Crippen molar-refractivity contribution < 1.29 is 38.1 Å². The lowest BCUT2D eigenvalue weighted by atomic mass is 9.87. The van der Waals surface area contributed by atoms with E-state index in [0.717, 1.165) is 13.0 Å². The van der Waals surface area contributed by atoms with Crippen molar-refractivity contribution in [2.24, 2.45) is 0 Å². The Labute approximate surface area is 257 Å². The maximum Gasteiger partial charge on any atom is 0.325 e. The van der Waals surface area contributed by atoms with Crippen molar-refractivity contribution in [3.63, 3.8) is 0 Å². The molecule has 0 saturated carbocycles. The standard InChI is InChI=1S/C30H42N6O8/c1-4-12-42-14-16-44-17-15-43-13-9-31-26(37)23-19-32-28(33-20-23)35-10-7-30(8-11-35)27(38)36(29(39)34-30)21-22-18-24(40-2)5-6-25(22)41-3/h5-6,18-20H,4,7-17,21H2,1-3H3,(H,31,37)(H,34,39). The van der Waals surface area contributed by atoms with E-state index < -0.39 is 11.6 Å². The first kappa shape index (κ1) is 32.9. The lowest BCUT2D eigenvalue weighted by Gasteiger charge is -2.37. The van der Waals surface area contributed by atoms with E-state index in [2.05, 4.69) is 27.5 Å². The van der Waals surface area contributed by atoms with Gasteiger partial charge in [0.25, 0.3) is 11.8 Å². The Morgan fingerprint density at radius 3 is 2.25 bits per heavy atom. The van der Waals surface area contributed by atoms with Crippen LogP contribution in [0.5, 0.6) is 11.5 Å². The smallest absolute Gasteiger partial charge is 0.325 e. The number of hydrogen-bond acceptors (Lipinski definition) is 11. The Kier molecular flexibility index (Phi) is 12.1. The Morgan fingerprint density at radius 2 is 1.61 bits per heavy atom. The molecule has 0 unspecified atom stereocenters. The van der Waals surface area contributed by atoms with Gasteiger partial charge in [-0.1, -0.05) is 6.92 Å². The zero-order valence-electron chi connectivity index (χ0n) is 25.6. The van der Waals surface area contributed by atoms with E-state index in [1.54, 1.807) is 25.3 Å². The molecule has 1 aromatic heterocycles. The molecule has 3 heterocycles. The number of hydrogen-bond donors (Lipinski definition) is 2. The van der Waals surface area contributed by atoms with Crippen LogP contribution in [0.25, 0.3) is 0 Å². The molecular formula is C30H42N6O8. The van der Waals surface area contributed by atoms with Gasteiger partial charge in [-0.05, 0) is 37.5 Å². The van der Waals surface area contributed by atoms with Gasteiger partial charge in [-0.2, -0.15) is 0 Å². The van der Waals surface area contributed by atoms with Crippen LogP contribution in [-0.4, -0.2) is 112 Å². The van der Waals surface area contributed by atoms with E-state index in [1.165, 1.54) is 24.4 Å². The summed E-state index contributed by atoms with van der Waals surface area (Å²) in [5, 5.41) is 5.71. The van der Waals surface area contributed by atoms with Gasteiger partial charge < -0.3 is 39.2 Å². The number of carbonyl (C=O) groups excluding carboxylic acids is 3. The Balaban J connectivity index is 1.20. The summed E-state index contributed by atoms with van der Waals surface area (Å²) in [6, 6.07) is 4.82. The summed E-state index contributed by atoms with van der Waals surface area (Å²) in [4.78, 5) is 50.8. The molecule has 0 radical (unpaired) electrons. The number of piperidine rings is 1. The maximum atomic E-state index is 13.5. The third-order valence-electron chi connectivity index (χ3n) is 7.49. The highest BCUT2D eigenvalue weighted by Gasteiger charge is 2.52. The van der Waals surface area contributed by atoms with Crippen LogP contribution in [0, 0.1) is 0 Å². The molecule has 0 bridgehead atoms. The minimum Gasteiger partial charge on any atom is -0.497 e. The lowest BCUT2D eigenvalue weighted by molar-refractivity contribution is -0.132. The zero-order valence-corrected chi connectivity index (χ0v) is 25.6. The number of benzene rings is 1. The number of ether oxygens (including phenoxy) is 5. The van der Waals surface area contributed by atoms with Crippen molar-refractivity contribution in [3.05, 3.63) is 41.7 Å². The molecule has 2 N–H and O–H groups in total. The summed E-state index contributed by atoms with van der Waals surface area (Å²) in [7, 11) is 3.09. The summed E-state index contributed by atoms with van der Waals surface area (Å²) in [6.45, 7) is 6.48. The van der Waals surface area contributed by atoms with Gasteiger partial charge in [0.2, 0.25) is 5.95 Å². The highest BCUT2D eigenvalue weighted by molar-refractivity contribution is 6.07. The van der Waals surface area contributed by atoms with Gasteiger partial charge in [-0.15, -0.1) is 0 Å². The molecule has 4 rings (SSSR count). The SMILES string of the molecule is CCCOCCOCCOCCNC(=O)c1cnc(N2CCC3(CC2)NC(=O)N(Cc2cc(OC)ccc2OC)C3=O)nc1. The number of anilines is 1. The molecule has 240 valence electrons. The largest absolute Gasteiger partial charge is 0.497 e. The van der Waals surface area contributed by atoms with E-state index in [-0.39, 0.29) is 18.4 Å². The second-order valence-corrected chi connectivity index (χ2v) is 10.4. The summed E-state index contributed by atoms with van der Waals surface area (Å²) in [5.74, 6) is 1.06. The lowest BCUT2D eigenvalue weighted by Crippen LogP contribution is -2.55. The predicted molar refractivity (Wildman–Crippen MR) is 160 cm³/mol. The molecule has 2 saturated heterocycles. The number of imide groups is 1. The molecule has 4 amide bonds. The monoisotopic (exact) mass is 614 g/mol. The fraction of sp³-hybridized carbons (Fsp3) is 0.567. The number of urea groups is 1. The first-order valence-corrected chi connectivity index (χ1v) is 14.8. The van der Waals surface area contributed by atoms with Gasteiger partial charge in [-0.3, -0.25) is 14.5 Å². The average Bonchev–Trinajstić information content (AvgIpc) is 3.27. The molecule has 14 nitrogen and oxygen atoms in total. The number of rotatable bonds is 17. The fourth-order valence-electron chi connectivity index (χ4n) is 5.05. The normalized spacial score (nSPS) is 15.9. The minimum atomic E-state index is -0.989. The molecule has 14 heteroatoms. The van der Waals surface area contributed by atoms with E-state index in [9.17, 15) is 14.4 Å². The Bertz CT molecular complexity index is 1250. The fourth-order valence-corrected chi connectivity index (χ4v) is 5.05. The highest BCUT2D eigenvalue weighted by Crippen LogP contribution is 2.33. The first-order chi connectivity index (χ1) is 21.4. The molecule has 44 heavy (non-hydrogen) atoms. The molecule has 2 aliphatic heterocycles. The predicted octanol–water partition coefficient (Wildman–Crippen LogP) is 1.77. The number of methoxy groups -OCH3 is 2. The van der Waals surface area contributed by atoms with Crippen LogP contribution >= 0.6 is 0 Å². The number of aromatic nitrogens is 2. The maximum absolute atomic E-state index is 13.5. The van der Waals surface area contributed by atoms with E-state index in [0.29, 0.717) is 94.1 Å². The minimum absolute atomic E-state index is 0.0682. The van der Waals surface area contributed by atoms with E-state index in [4.69, 9.17) is 23.7 Å². The summed E-state index contributed by atoms with van der Waals surface area (Å²) >= 11 is 0. The molecule has 1 spiro atoms. The summed E-state index contributed by atoms with van der Waals surface area (Å²) < 4.78 is 26.9. The van der Waals surface area contributed by atoms with Crippen molar-refractivity contribution in [2.45, 2.75) is 38.3 Å². The van der Waals surface area contributed by atoms with Crippen LogP contribution in [-0.2, 0) is 25.5 Å². The second-order valence-electron chi connectivity index (χ2n) is 10.4. The van der Waals surface area contributed by atoms with Crippen molar-refractivity contribution in [2.75, 3.05) is 78.4 Å². The molecule has 0 aliphatic carbocycles. The first-order valence-electron chi connectivity index (χ1n) is 14.8. The van der Waals surface area contributed by atoms with Gasteiger partial charge in [0.1, 0.15) is 17.0 Å². The van der Waals surface area contributed by atoms with Gasteiger partial charge >= 0.3 is 6.03 Å². The summed E-state index contributed by atoms with van der Waals surface area (Å²) in [5.41, 5.74) is 0.0138. The van der Waals surface area contributed by atoms with Gasteiger partial charge in [0.15, 0.2) is 0 Å². The van der Waals surface area contributed by atoms with E-state index in [1.807, 2.05) is 4.90 Å². The zero-order chi connectivity index (χ0) is 31.4. The van der Waals surface area contributed by atoms with Gasteiger partial charge in [-0.25, -0.2) is 14.8 Å². The highest BCUT2D eigenvalue weighted by atomic mass is 16.5. The van der Waals surface area contributed by atoms with Crippen LogP contribution in [0.3, 0.4) is 0 Å². The van der Waals surface area contributed by atoms with Crippen molar-refractivity contribution >= 4 is 23.8 Å². The third kappa shape index (κ3) is 8.33. The topological polar surface area (TPSA) is 154 Å². The number of amides is 4. The Hall–Kier alpha value is -4.01. The molecule has 0 atom stereocenters. The summed E-state index contributed by atoms with van der Waals surface area (Å²) in [6.07, 6.45) is 4.73. The van der Waals surface area contributed by atoms with Gasteiger partial charge in [0.05, 0.1) is 59.4 Å².